The molecule has 13 atom stereocenters. The topological polar surface area (TPSA) is 242 Å². The van der Waals surface area contributed by atoms with Crippen molar-refractivity contribution in [3.8, 4) is 11.5 Å². The summed E-state index contributed by atoms with van der Waals surface area (Å²) in [5.74, 6) is -1.10. The Labute approximate surface area is 824 Å². The Hall–Kier alpha value is -6.21. The zero-order chi connectivity index (χ0) is 95.9. The van der Waals surface area contributed by atoms with Crippen LogP contribution in [0.4, 0.5) is 4.79 Å². The van der Waals surface area contributed by atoms with Gasteiger partial charge in [0.2, 0.25) is 9.70 Å². The van der Waals surface area contributed by atoms with Gasteiger partial charge in [0.1, 0.15) is 60.8 Å². The maximum absolute atomic E-state index is 16.3. The summed E-state index contributed by atoms with van der Waals surface area (Å²) in [5, 5.41) is 19.8. The second-order valence-electron chi connectivity index (χ2n) is 36.7. The maximum Gasteiger partial charge on any atom is 0.588 e. The van der Waals surface area contributed by atoms with E-state index in [9.17, 15) is 9.90 Å². The highest BCUT2D eigenvalue weighted by Gasteiger charge is 2.56. The fourth-order valence-corrected chi connectivity index (χ4v) is 19.2. The molecule has 2 aliphatic heterocycles. The molecule has 6 aromatic rings. The number of benzene rings is 6. The van der Waals surface area contributed by atoms with Crippen molar-refractivity contribution in [2.75, 3.05) is 46.8 Å². The maximum atomic E-state index is 16.3. The highest BCUT2D eigenvalue weighted by Crippen LogP contribution is 2.53. The zero-order valence-corrected chi connectivity index (χ0v) is 85.0. The van der Waals surface area contributed by atoms with E-state index in [0.29, 0.717) is 43.6 Å². The lowest BCUT2D eigenvalue weighted by molar-refractivity contribution is -0.290. The number of rotatable bonds is 76. The first-order chi connectivity index (χ1) is 66.0. The fraction of sp³-hybridized carbons (Fsp3) is 0.645. The molecule has 0 bridgehead atoms. The normalized spacial score (nSPS) is 19.3. The minimum Gasteiger partial charge on any atom is -0.451 e. The van der Waals surface area contributed by atoms with Crippen LogP contribution in [0.25, 0.3) is 0 Å². The number of hydrogen-bond donors (Lipinski definition) is 3. The van der Waals surface area contributed by atoms with E-state index in [1.54, 1.807) is 60.7 Å². The van der Waals surface area contributed by atoms with E-state index in [-0.39, 0.29) is 56.6 Å². The predicted octanol–water partition coefficient (Wildman–Crippen LogP) is 27.6. The number of esters is 1. The fourth-order valence-electron chi connectivity index (χ4n) is 17.6. The molecule has 0 spiro atoms. The van der Waals surface area contributed by atoms with Gasteiger partial charge in [-0.2, -0.15) is 0 Å². The number of aliphatic hydroxyl groups excluding tert-OH is 1. The number of alkyl carbamates (subject to hydrolysis) is 1. The quantitative estimate of drug-likeness (QED) is 0.0139. The van der Waals surface area contributed by atoms with Gasteiger partial charge in [-0.15, -0.1) is 0 Å². The number of phosphoric ester groups is 1. The van der Waals surface area contributed by atoms with Crippen molar-refractivity contribution in [2.24, 2.45) is 0 Å². The molecule has 0 saturated carbocycles. The van der Waals surface area contributed by atoms with Crippen LogP contribution in [0, 0.1) is 0 Å². The number of phosphoric acid groups is 1. The van der Waals surface area contributed by atoms with E-state index < -0.39 is 116 Å². The van der Waals surface area contributed by atoms with Crippen molar-refractivity contribution in [3.63, 3.8) is 0 Å². The molecule has 0 radical (unpaired) electrons. The summed E-state index contributed by atoms with van der Waals surface area (Å²) in [7, 11) is -3.46. The minimum absolute atomic E-state index is 0.0121. The molecular formula is C110H164Cl3N2O19P. The van der Waals surface area contributed by atoms with Gasteiger partial charge in [-0.25, -0.2) is 14.2 Å². The molecule has 0 aromatic heterocycles. The molecule has 21 nitrogen and oxygen atoms in total. The minimum atomic E-state index is -4.92. The Morgan fingerprint density at radius 2 is 0.807 bits per heavy atom. The van der Waals surface area contributed by atoms with Crippen molar-refractivity contribution < 1.29 is 89.7 Å². The SMILES string of the molecule is CCCCCCCCCCCCO[C@H](CCCCCCCCCCC)CCO[C@@H]1[C@@H](NC(=O)OCC(Cl)(Cl)Cl)[C@H](OC[C@H]2O[C@H](C(=O)OC(c3ccccc3)c3ccccc3)[C@H](NC(=O)C[C@@H](CCCCCCCCCCC)OCc3ccccc3)[C@@H](OCC[C@@H](CCCCCCCCCCC)OCc3ccccc3)[C@@H]2O)O[C@H](COC)[C@H]1OP(=O)(Oc1ccccc1)Oc1ccccc1. The summed E-state index contributed by atoms with van der Waals surface area (Å²) < 4.78 is 108. The number of carbonyl (C=O) groups is 3. The molecule has 8 rings (SSSR count). The van der Waals surface area contributed by atoms with Gasteiger partial charge in [0.15, 0.2) is 18.5 Å². The Morgan fingerprint density at radius 3 is 1.24 bits per heavy atom. The van der Waals surface area contributed by atoms with E-state index >= 15 is 14.2 Å². The van der Waals surface area contributed by atoms with Crippen LogP contribution in [0.15, 0.2) is 182 Å². The van der Waals surface area contributed by atoms with E-state index in [4.69, 9.17) is 100 Å². The lowest BCUT2D eigenvalue weighted by atomic mass is 9.91. The number of hydrogen-bond acceptors (Lipinski definition) is 19. The monoisotopic (exact) mass is 1950 g/mol. The average Bonchev–Trinajstić information content (AvgIpc) is 0.769. The van der Waals surface area contributed by atoms with E-state index in [1.807, 2.05) is 121 Å². The average molecular weight is 1960 g/mol. The van der Waals surface area contributed by atoms with E-state index in [0.717, 1.165) is 120 Å². The number of alkyl halides is 3. The summed E-state index contributed by atoms with van der Waals surface area (Å²) in [5.41, 5.74) is 3.25. The summed E-state index contributed by atoms with van der Waals surface area (Å²) in [4.78, 5) is 46.7. The van der Waals surface area contributed by atoms with Gasteiger partial charge in [0.05, 0.1) is 57.2 Å². The molecule has 25 heteroatoms. The largest absolute Gasteiger partial charge is 0.588 e. The first-order valence-electron chi connectivity index (χ1n) is 51.6. The number of nitrogens with one attached hydrogen (secondary N) is 2. The summed E-state index contributed by atoms with van der Waals surface area (Å²) in [6, 6.07) is 52.5. The third-order valence-electron chi connectivity index (χ3n) is 25.3. The Morgan fingerprint density at radius 1 is 0.415 bits per heavy atom. The molecule has 754 valence electrons. The van der Waals surface area contributed by atoms with Crippen molar-refractivity contribution >= 4 is 60.6 Å². The lowest BCUT2D eigenvalue weighted by Gasteiger charge is -2.47. The zero-order valence-electron chi connectivity index (χ0n) is 81.8. The van der Waals surface area contributed by atoms with Crippen LogP contribution in [0.5, 0.6) is 11.5 Å². The highest BCUT2D eigenvalue weighted by atomic mass is 35.6. The van der Waals surface area contributed by atoms with Crippen LogP contribution in [-0.2, 0) is 84.0 Å². The van der Waals surface area contributed by atoms with E-state index in [2.05, 4.69) is 38.3 Å². The van der Waals surface area contributed by atoms with Gasteiger partial charge in [-0.05, 0) is 85.0 Å². The summed E-state index contributed by atoms with van der Waals surface area (Å²) in [6.07, 6.45) is 29.4. The number of amides is 2. The summed E-state index contributed by atoms with van der Waals surface area (Å²) >= 11 is 19.0. The Balaban J connectivity index is 1.20. The van der Waals surface area contributed by atoms with Gasteiger partial charge in [-0.3, -0.25) is 9.32 Å². The van der Waals surface area contributed by atoms with Crippen LogP contribution in [-0.4, -0.2) is 153 Å². The molecule has 2 saturated heterocycles. The first-order valence-corrected chi connectivity index (χ1v) is 54.2. The molecule has 2 amide bonds. The predicted molar refractivity (Wildman–Crippen MR) is 540 cm³/mol. The van der Waals surface area contributed by atoms with Crippen LogP contribution < -0.4 is 19.7 Å². The smallest absolute Gasteiger partial charge is 0.451 e. The second-order valence-corrected chi connectivity index (χ2v) is 40.6. The standard InChI is InChI=1S/C110H164Cl3N2O19P/c1-6-10-14-18-22-26-30-34-38-60-78-122-91(69-53-35-31-27-23-19-15-11-7-2)76-80-124-105-100(115-109(119)128-86-110(111,112)113)108(130-97(84-121-5)103(105)134-135(120,132-93-71-56-43-57-72-93)133-94-73-58-44-59-74-94)127-85-96-101(117)104(123-79-77-92(125-82-87-61-45-39-46-62-87)70-54-36-32-28-24-20-16-12-8-3)99(106(129-96)107(118)131-102(89-65-49-41-50-66-89)90-67-51-42-52-68-90)114-98(116)81-95(126-83-88-63-47-40-48-64-88)75-55-37-33-29-25-21-17-13-9-4/h39-52,56-59,61-68,71-74,91-92,95-97,99-106,108,117H,6-38,53-55,60,69-70,75-86H2,1-5H3,(H,114,116)(H,115,119)/t91-,92-,95-,96-,97-,99-,100-,101-,103-,104-,105-,106+,108-/m1/s1. The van der Waals surface area contributed by atoms with Crippen molar-refractivity contribution in [1.29, 1.82) is 0 Å². The van der Waals surface area contributed by atoms with Gasteiger partial charge < -0.3 is 76.9 Å². The number of halogens is 3. The van der Waals surface area contributed by atoms with Crippen LogP contribution in [0.3, 0.4) is 0 Å². The first kappa shape index (κ1) is 114. The third-order valence-corrected chi connectivity index (χ3v) is 27.0. The lowest BCUT2D eigenvalue weighted by Crippen LogP contribution is -2.68. The molecule has 0 aliphatic carbocycles. The van der Waals surface area contributed by atoms with Crippen LogP contribution in [0.2, 0.25) is 0 Å². The van der Waals surface area contributed by atoms with E-state index in [1.165, 1.54) is 148 Å². The molecule has 2 aliphatic rings. The molecule has 3 N–H and O–H groups in total. The number of aliphatic hydroxyl groups is 1. The number of methoxy groups -OCH3 is 1. The van der Waals surface area contributed by atoms with Gasteiger partial charge >= 0.3 is 19.9 Å². The second kappa shape index (κ2) is 69.6. The number of para-hydroxylation sites is 2. The van der Waals surface area contributed by atoms with Crippen molar-refractivity contribution in [2.45, 2.75) is 406 Å². The number of unbranched alkanes of at least 4 members (excludes halogenated alkanes) is 33. The van der Waals surface area contributed by atoms with Crippen LogP contribution in [0.1, 0.15) is 332 Å². The van der Waals surface area contributed by atoms with Crippen molar-refractivity contribution in [1.82, 2.24) is 10.6 Å². The van der Waals surface area contributed by atoms with Crippen molar-refractivity contribution in [3.05, 3.63) is 204 Å². The third kappa shape index (κ3) is 47.3. The molecule has 2 fully saturated rings. The summed E-state index contributed by atoms with van der Waals surface area (Å²) in [6.45, 7) is 8.44. The Kier molecular flexibility index (Phi) is 58.8. The Bertz CT molecular complexity index is 3920. The molecule has 0 unspecified atom stereocenters. The molecular weight excluding hydrogens is 1790 g/mol. The number of carbonyl (C=O) groups excluding carboxylic acids is 3. The van der Waals surface area contributed by atoms with Gasteiger partial charge in [-0.1, -0.05) is 451 Å². The van der Waals surface area contributed by atoms with Gasteiger partial charge in [0, 0.05) is 26.9 Å². The molecule has 135 heavy (non-hydrogen) atoms. The van der Waals surface area contributed by atoms with Gasteiger partial charge in [0.25, 0.3) is 0 Å². The number of ether oxygens (including phenoxy) is 11. The van der Waals surface area contributed by atoms with Crippen LogP contribution >= 0.6 is 42.6 Å². The molecule has 6 aromatic carbocycles. The molecule has 2 heterocycles. The highest BCUT2D eigenvalue weighted by molar-refractivity contribution is 7.49.